The van der Waals surface area contributed by atoms with Gasteiger partial charge in [-0.15, -0.1) is 0 Å². The van der Waals surface area contributed by atoms with E-state index in [-0.39, 0.29) is 18.0 Å². The van der Waals surface area contributed by atoms with Crippen LogP contribution in [0.2, 0.25) is 0 Å². The van der Waals surface area contributed by atoms with Crippen molar-refractivity contribution in [2.75, 3.05) is 7.11 Å². The number of amides is 1. The summed E-state index contributed by atoms with van der Waals surface area (Å²) in [5.74, 6) is -0.267. The Morgan fingerprint density at radius 2 is 1.74 bits per heavy atom. The molecular weight excluding hydrogens is 404 g/mol. The summed E-state index contributed by atoms with van der Waals surface area (Å²) < 4.78 is 15.7. The number of nitro groups is 1. The van der Waals surface area contributed by atoms with Crippen LogP contribution in [0.1, 0.15) is 23.0 Å². The molecule has 1 aromatic heterocycles. The lowest BCUT2D eigenvalue weighted by atomic mass is 10.1. The predicted octanol–water partition coefficient (Wildman–Crippen LogP) is 3.73. The van der Waals surface area contributed by atoms with E-state index < -0.39 is 22.9 Å². The van der Waals surface area contributed by atoms with Gasteiger partial charge >= 0.3 is 5.97 Å². The Labute approximate surface area is 177 Å². The number of nitrogens with one attached hydrogen (secondary N) is 1. The SMILES string of the molecule is COc1ccc(CNC(=O)C(C)OC(=O)c2ccc(-c3ccc([N+](=O)[O-])cc3)o2)cc1. The second-order valence-corrected chi connectivity index (χ2v) is 6.58. The number of carbonyl (C=O) groups is 2. The van der Waals surface area contributed by atoms with Crippen LogP contribution in [-0.4, -0.2) is 30.0 Å². The maximum absolute atomic E-state index is 12.3. The summed E-state index contributed by atoms with van der Waals surface area (Å²) in [6, 6.07) is 15.9. The molecule has 1 N–H and O–H groups in total. The van der Waals surface area contributed by atoms with E-state index >= 15 is 0 Å². The molecule has 0 spiro atoms. The van der Waals surface area contributed by atoms with Gasteiger partial charge in [0, 0.05) is 24.2 Å². The van der Waals surface area contributed by atoms with Crippen LogP contribution in [0.15, 0.2) is 65.1 Å². The fourth-order valence-electron chi connectivity index (χ4n) is 2.70. The zero-order chi connectivity index (χ0) is 22.4. The third-order valence-electron chi connectivity index (χ3n) is 4.45. The lowest BCUT2D eigenvalue weighted by Crippen LogP contribution is -2.35. The molecule has 9 nitrogen and oxygen atoms in total. The minimum Gasteiger partial charge on any atom is -0.497 e. The molecule has 1 unspecified atom stereocenters. The average Bonchev–Trinajstić information content (AvgIpc) is 3.28. The smallest absolute Gasteiger partial charge is 0.375 e. The largest absolute Gasteiger partial charge is 0.497 e. The first kappa shape index (κ1) is 21.6. The van der Waals surface area contributed by atoms with Gasteiger partial charge in [0.05, 0.1) is 12.0 Å². The number of rotatable bonds is 8. The van der Waals surface area contributed by atoms with E-state index in [9.17, 15) is 19.7 Å². The monoisotopic (exact) mass is 424 g/mol. The summed E-state index contributed by atoms with van der Waals surface area (Å²) in [5.41, 5.74) is 1.38. The number of benzene rings is 2. The second kappa shape index (κ2) is 9.57. The van der Waals surface area contributed by atoms with E-state index in [4.69, 9.17) is 13.9 Å². The summed E-state index contributed by atoms with van der Waals surface area (Å²) in [6.07, 6.45) is -1.03. The number of methoxy groups -OCH3 is 1. The maximum atomic E-state index is 12.3. The standard InChI is InChI=1S/C22H20N2O7/c1-14(21(25)23-13-15-3-9-18(29-2)10-4-15)30-22(26)20-12-11-19(31-20)16-5-7-17(8-6-16)24(27)28/h3-12,14H,13H2,1-2H3,(H,23,25). The Kier molecular flexibility index (Phi) is 6.66. The van der Waals surface area contributed by atoms with E-state index in [2.05, 4.69) is 5.32 Å². The first-order chi connectivity index (χ1) is 14.9. The third-order valence-corrected chi connectivity index (χ3v) is 4.45. The summed E-state index contributed by atoms with van der Waals surface area (Å²) in [6.45, 7) is 1.73. The van der Waals surface area contributed by atoms with E-state index in [1.807, 2.05) is 12.1 Å². The summed E-state index contributed by atoms with van der Waals surface area (Å²) >= 11 is 0. The number of carbonyl (C=O) groups excluding carboxylic acids is 2. The normalized spacial score (nSPS) is 11.4. The summed E-state index contributed by atoms with van der Waals surface area (Å²) in [5, 5.41) is 13.4. The molecule has 3 aromatic rings. The van der Waals surface area contributed by atoms with Crippen molar-refractivity contribution in [2.45, 2.75) is 19.6 Å². The molecule has 0 aliphatic rings. The molecule has 0 saturated heterocycles. The number of hydrogen-bond donors (Lipinski definition) is 1. The van der Waals surface area contributed by atoms with Crippen molar-refractivity contribution in [2.24, 2.45) is 0 Å². The van der Waals surface area contributed by atoms with Crippen molar-refractivity contribution in [3.8, 4) is 17.1 Å². The number of non-ortho nitro benzene ring substituents is 1. The molecule has 0 saturated carbocycles. The van der Waals surface area contributed by atoms with Crippen molar-refractivity contribution >= 4 is 17.6 Å². The van der Waals surface area contributed by atoms with Crippen molar-refractivity contribution in [3.05, 3.63) is 82.1 Å². The van der Waals surface area contributed by atoms with Gasteiger partial charge in [0.25, 0.3) is 11.6 Å². The van der Waals surface area contributed by atoms with E-state index in [0.29, 0.717) is 17.1 Å². The van der Waals surface area contributed by atoms with E-state index in [1.165, 1.54) is 37.3 Å². The molecule has 9 heteroatoms. The van der Waals surface area contributed by atoms with Gasteiger partial charge in [0.2, 0.25) is 5.76 Å². The highest BCUT2D eigenvalue weighted by Crippen LogP contribution is 2.25. The van der Waals surface area contributed by atoms with E-state index in [1.54, 1.807) is 25.3 Å². The minimum atomic E-state index is -1.03. The van der Waals surface area contributed by atoms with Gasteiger partial charge in [-0.2, -0.15) is 0 Å². The third kappa shape index (κ3) is 5.47. The van der Waals surface area contributed by atoms with Crippen molar-refractivity contribution in [1.29, 1.82) is 0 Å². The van der Waals surface area contributed by atoms with Crippen molar-refractivity contribution in [1.82, 2.24) is 5.32 Å². The molecule has 0 radical (unpaired) electrons. The number of furan rings is 1. The highest BCUT2D eigenvalue weighted by atomic mass is 16.6. The number of esters is 1. The highest BCUT2D eigenvalue weighted by molar-refractivity contribution is 5.90. The lowest BCUT2D eigenvalue weighted by molar-refractivity contribution is -0.384. The Morgan fingerprint density at radius 3 is 2.35 bits per heavy atom. The fourth-order valence-corrected chi connectivity index (χ4v) is 2.70. The number of nitro benzene ring substituents is 1. The van der Waals surface area contributed by atoms with Crippen LogP contribution in [0.5, 0.6) is 5.75 Å². The molecule has 0 bridgehead atoms. The number of hydrogen-bond acceptors (Lipinski definition) is 7. The molecule has 3 rings (SSSR count). The number of ether oxygens (including phenoxy) is 2. The minimum absolute atomic E-state index is 0.0515. The first-order valence-corrected chi connectivity index (χ1v) is 9.33. The van der Waals surface area contributed by atoms with Gasteiger partial charge in [-0.1, -0.05) is 12.1 Å². The molecule has 31 heavy (non-hydrogen) atoms. The topological polar surface area (TPSA) is 121 Å². The predicted molar refractivity (Wildman–Crippen MR) is 111 cm³/mol. The molecule has 0 aliphatic heterocycles. The van der Waals surface area contributed by atoms with Gasteiger partial charge in [-0.05, 0) is 48.9 Å². The van der Waals surface area contributed by atoms with Gasteiger partial charge < -0.3 is 19.2 Å². The zero-order valence-corrected chi connectivity index (χ0v) is 16.9. The van der Waals surface area contributed by atoms with Gasteiger partial charge in [-0.3, -0.25) is 14.9 Å². The Bertz CT molecular complexity index is 1070. The molecule has 1 atom stereocenters. The quantitative estimate of drug-likeness (QED) is 0.332. The number of nitrogens with zero attached hydrogens (tertiary/aromatic N) is 1. The van der Waals surface area contributed by atoms with Crippen molar-refractivity contribution in [3.63, 3.8) is 0 Å². The van der Waals surface area contributed by atoms with Gasteiger partial charge in [0.15, 0.2) is 6.10 Å². The van der Waals surface area contributed by atoms with Crippen LogP contribution in [-0.2, 0) is 16.1 Å². The summed E-state index contributed by atoms with van der Waals surface area (Å²) in [7, 11) is 1.57. The van der Waals surface area contributed by atoms with Crippen LogP contribution >= 0.6 is 0 Å². The highest BCUT2D eigenvalue weighted by Gasteiger charge is 2.21. The Balaban J connectivity index is 1.55. The fraction of sp³-hybridized carbons (Fsp3) is 0.182. The Hall–Kier alpha value is -4.14. The van der Waals surface area contributed by atoms with Gasteiger partial charge in [0.1, 0.15) is 11.5 Å². The molecule has 0 aliphatic carbocycles. The Morgan fingerprint density at radius 1 is 1.06 bits per heavy atom. The first-order valence-electron chi connectivity index (χ1n) is 9.33. The summed E-state index contributed by atoms with van der Waals surface area (Å²) in [4.78, 5) is 34.7. The van der Waals surface area contributed by atoms with Crippen LogP contribution in [0, 0.1) is 10.1 Å². The molecule has 0 fully saturated rings. The average molecular weight is 424 g/mol. The lowest BCUT2D eigenvalue weighted by Gasteiger charge is -2.13. The van der Waals surface area contributed by atoms with Crippen LogP contribution in [0.25, 0.3) is 11.3 Å². The van der Waals surface area contributed by atoms with Crippen molar-refractivity contribution < 1.29 is 28.4 Å². The van der Waals surface area contributed by atoms with Crippen LogP contribution in [0.3, 0.4) is 0 Å². The zero-order valence-electron chi connectivity index (χ0n) is 16.9. The molecule has 160 valence electrons. The van der Waals surface area contributed by atoms with Crippen LogP contribution < -0.4 is 10.1 Å². The molecule has 2 aromatic carbocycles. The van der Waals surface area contributed by atoms with Crippen LogP contribution in [0.4, 0.5) is 5.69 Å². The molecule has 1 amide bonds. The van der Waals surface area contributed by atoms with E-state index in [0.717, 1.165) is 5.56 Å². The molecule has 1 heterocycles. The van der Waals surface area contributed by atoms with Gasteiger partial charge in [-0.25, -0.2) is 4.79 Å². The second-order valence-electron chi connectivity index (χ2n) is 6.58. The molecular formula is C22H20N2O7. The maximum Gasteiger partial charge on any atom is 0.375 e.